The van der Waals surface area contributed by atoms with E-state index >= 15 is 0 Å². The van der Waals surface area contributed by atoms with Gasteiger partial charge < -0.3 is 4.74 Å². The lowest BCUT2D eigenvalue weighted by atomic mass is 9.99. The van der Waals surface area contributed by atoms with Crippen LogP contribution in [0.3, 0.4) is 0 Å². The number of ether oxygens (including phenoxy) is 1. The number of aryl methyl sites for hydroxylation is 1. The van der Waals surface area contributed by atoms with Gasteiger partial charge in [-0.25, -0.2) is 0 Å². The van der Waals surface area contributed by atoms with Gasteiger partial charge in [-0.15, -0.1) is 0 Å². The molecule has 0 aliphatic carbocycles. The molecule has 1 atom stereocenters. The molecule has 1 aromatic carbocycles. The van der Waals surface area contributed by atoms with Gasteiger partial charge in [-0.1, -0.05) is 17.7 Å². The molecule has 1 aliphatic rings. The summed E-state index contributed by atoms with van der Waals surface area (Å²) in [6.45, 7) is 3.68. The van der Waals surface area contributed by atoms with E-state index < -0.39 is 10.1 Å². The Labute approximate surface area is 114 Å². The van der Waals surface area contributed by atoms with E-state index in [2.05, 4.69) is 0 Å². The SMILES string of the molecule is Cc1ccc(S(=O)(=O)OCCC2CCCOC2)cc1. The first-order valence-corrected chi connectivity index (χ1v) is 8.02. The summed E-state index contributed by atoms with van der Waals surface area (Å²) in [5.41, 5.74) is 1.03. The van der Waals surface area contributed by atoms with Crippen LogP contribution >= 0.6 is 0 Å². The number of rotatable bonds is 5. The monoisotopic (exact) mass is 284 g/mol. The molecule has 19 heavy (non-hydrogen) atoms. The Morgan fingerprint density at radius 1 is 1.32 bits per heavy atom. The maximum Gasteiger partial charge on any atom is 0.296 e. The third-order valence-corrected chi connectivity index (χ3v) is 4.66. The Morgan fingerprint density at radius 3 is 2.68 bits per heavy atom. The summed E-state index contributed by atoms with van der Waals surface area (Å²) in [5.74, 6) is 0.418. The zero-order valence-electron chi connectivity index (χ0n) is 11.2. The summed E-state index contributed by atoms with van der Waals surface area (Å²) in [7, 11) is -3.62. The summed E-state index contributed by atoms with van der Waals surface area (Å²) in [6.07, 6.45) is 2.87. The minimum absolute atomic E-state index is 0.220. The maximum atomic E-state index is 11.9. The van der Waals surface area contributed by atoms with Crippen molar-refractivity contribution in [3.63, 3.8) is 0 Å². The third kappa shape index (κ3) is 4.30. The van der Waals surface area contributed by atoms with Crippen LogP contribution in [0, 0.1) is 12.8 Å². The van der Waals surface area contributed by atoms with Crippen molar-refractivity contribution in [1.29, 1.82) is 0 Å². The van der Waals surface area contributed by atoms with E-state index in [4.69, 9.17) is 8.92 Å². The average molecular weight is 284 g/mol. The van der Waals surface area contributed by atoms with Crippen LogP contribution in [-0.4, -0.2) is 28.2 Å². The highest BCUT2D eigenvalue weighted by molar-refractivity contribution is 7.86. The highest BCUT2D eigenvalue weighted by atomic mass is 32.2. The second-order valence-electron chi connectivity index (χ2n) is 4.96. The minimum Gasteiger partial charge on any atom is -0.381 e. The number of hydrogen-bond donors (Lipinski definition) is 0. The van der Waals surface area contributed by atoms with Crippen molar-refractivity contribution in [3.05, 3.63) is 29.8 Å². The van der Waals surface area contributed by atoms with Crippen molar-refractivity contribution >= 4 is 10.1 Å². The smallest absolute Gasteiger partial charge is 0.296 e. The predicted octanol–water partition coefficient (Wildman–Crippen LogP) is 2.52. The molecule has 5 heteroatoms. The first-order chi connectivity index (χ1) is 9.08. The van der Waals surface area contributed by atoms with Gasteiger partial charge in [0.1, 0.15) is 0 Å². The zero-order valence-corrected chi connectivity index (χ0v) is 12.0. The molecule has 2 rings (SSSR count). The normalized spacial score (nSPS) is 20.4. The molecule has 0 bridgehead atoms. The highest BCUT2D eigenvalue weighted by Crippen LogP contribution is 2.19. The van der Waals surface area contributed by atoms with Crippen LogP contribution in [0.4, 0.5) is 0 Å². The molecule has 0 aromatic heterocycles. The molecule has 0 radical (unpaired) electrons. The standard InChI is InChI=1S/C14H20O4S/c1-12-4-6-14(7-5-12)19(15,16)18-10-8-13-3-2-9-17-11-13/h4-7,13H,2-3,8-11H2,1H3. The quantitative estimate of drug-likeness (QED) is 0.780. The van der Waals surface area contributed by atoms with Crippen molar-refractivity contribution < 1.29 is 17.3 Å². The highest BCUT2D eigenvalue weighted by Gasteiger charge is 2.18. The van der Waals surface area contributed by atoms with Crippen LogP contribution in [0.25, 0.3) is 0 Å². The van der Waals surface area contributed by atoms with Crippen LogP contribution < -0.4 is 0 Å². The van der Waals surface area contributed by atoms with Crippen molar-refractivity contribution in [3.8, 4) is 0 Å². The lowest BCUT2D eigenvalue weighted by Gasteiger charge is -2.21. The summed E-state index contributed by atoms with van der Waals surface area (Å²) < 4.78 is 34.3. The largest absolute Gasteiger partial charge is 0.381 e. The fourth-order valence-electron chi connectivity index (χ4n) is 2.13. The van der Waals surface area contributed by atoms with Crippen LogP contribution in [0.1, 0.15) is 24.8 Å². The molecule has 1 aromatic rings. The van der Waals surface area contributed by atoms with E-state index in [1.54, 1.807) is 24.3 Å². The molecular weight excluding hydrogens is 264 g/mol. The van der Waals surface area contributed by atoms with Gasteiger partial charge in [0.15, 0.2) is 0 Å². The number of hydrogen-bond acceptors (Lipinski definition) is 4. The van der Waals surface area contributed by atoms with Crippen molar-refractivity contribution in [2.24, 2.45) is 5.92 Å². The molecule has 106 valence electrons. The van der Waals surface area contributed by atoms with Crippen molar-refractivity contribution in [1.82, 2.24) is 0 Å². The zero-order chi connectivity index (χ0) is 13.7. The fraction of sp³-hybridized carbons (Fsp3) is 0.571. The third-order valence-electron chi connectivity index (χ3n) is 3.33. The maximum absolute atomic E-state index is 11.9. The Morgan fingerprint density at radius 2 is 2.05 bits per heavy atom. The van der Waals surface area contributed by atoms with Gasteiger partial charge in [-0.05, 0) is 44.2 Å². The molecule has 1 fully saturated rings. The van der Waals surface area contributed by atoms with Crippen molar-refractivity contribution in [2.75, 3.05) is 19.8 Å². The first-order valence-electron chi connectivity index (χ1n) is 6.62. The van der Waals surface area contributed by atoms with Crippen LogP contribution in [0.2, 0.25) is 0 Å². The average Bonchev–Trinajstić information content (AvgIpc) is 2.40. The van der Waals surface area contributed by atoms with Gasteiger partial charge in [0.25, 0.3) is 10.1 Å². The lowest BCUT2D eigenvalue weighted by molar-refractivity contribution is 0.0465. The Hall–Kier alpha value is -0.910. The van der Waals surface area contributed by atoms with E-state index in [1.807, 2.05) is 6.92 Å². The van der Waals surface area contributed by atoms with Crippen LogP contribution in [0.15, 0.2) is 29.2 Å². The van der Waals surface area contributed by atoms with Crippen LogP contribution in [-0.2, 0) is 19.0 Å². The fourth-order valence-corrected chi connectivity index (χ4v) is 3.05. The Kier molecular flexibility index (Phi) is 4.96. The van der Waals surface area contributed by atoms with E-state index in [9.17, 15) is 8.42 Å². The predicted molar refractivity (Wildman–Crippen MR) is 72.5 cm³/mol. The van der Waals surface area contributed by atoms with Crippen molar-refractivity contribution in [2.45, 2.75) is 31.1 Å². The molecule has 1 unspecified atom stereocenters. The molecule has 0 spiro atoms. The first kappa shape index (κ1) is 14.5. The van der Waals surface area contributed by atoms with Gasteiger partial charge in [0.2, 0.25) is 0 Å². The lowest BCUT2D eigenvalue weighted by Crippen LogP contribution is -2.19. The molecule has 1 saturated heterocycles. The van der Waals surface area contributed by atoms with E-state index in [1.165, 1.54) is 0 Å². The molecular formula is C14H20O4S. The molecule has 4 nitrogen and oxygen atoms in total. The van der Waals surface area contributed by atoms with Gasteiger partial charge in [-0.2, -0.15) is 8.42 Å². The summed E-state index contributed by atoms with van der Waals surface area (Å²) >= 11 is 0. The second kappa shape index (κ2) is 6.50. The van der Waals surface area contributed by atoms with E-state index in [0.29, 0.717) is 12.5 Å². The molecule has 0 amide bonds. The van der Waals surface area contributed by atoms with Gasteiger partial charge >= 0.3 is 0 Å². The Bertz CT molecular complexity index is 487. The number of benzene rings is 1. The summed E-state index contributed by atoms with van der Waals surface area (Å²) in [6, 6.07) is 6.69. The summed E-state index contributed by atoms with van der Waals surface area (Å²) in [4.78, 5) is 0.220. The van der Waals surface area contributed by atoms with Gasteiger partial charge in [0, 0.05) is 13.2 Å². The Balaban J connectivity index is 1.85. The van der Waals surface area contributed by atoms with Crippen LogP contribution in [0.5, 0.6) is 0 Å². The molecule has 0 N–H and O–H groups in total. The topological polar surface area (TPSA) is 52.6 Å². The summed E-state index contributed by atoms with van der Waals surface area (Å²) in [5, 5.41) is 0. The molecule has 0 saturated carbocycles. The van der Waals surface area contributed by atoms with E-state index in [-0.39, 0.29) is 11.5 Å². The minimum atomic E-state index is -3.62. The van der Waals surface area contributed by atoms with Gasteiger partial charge in [0.05, 0.1) is 11.5 Å². The molecule has 1 aliphatic heterocycles. The van der Waals surface area contributed by atoms with E-state index in [0.717, 1.165) is 31.4 Å². The molecule has 1 heterocycles. The second-order valence-corrected chi connectivity index (χ2v) is 6.58. The van der Waals surface area contributed by atoms with Gasteiger partial charge in [-0.3, -0.25) is 4.18 Å².